The van der Waals surface area contributed by atoms with E-state index in [2.05, 4.69) is 20.0 Å². The lowest BCUT2D eigenvalue weighted by Crippen LogP contribution is -2.45. The lowest BCUT2D eigenvalue weighted by atomic mass is 10.1. The van der Waals surface area contributed by atoms with Crippen molar-refractivity contribution in [1.82, 2.24) is 20.0 Å². The maximum atomic E-state index is 11.8. The van der Waals surface area contributed by atoms with Crippen LogP contribution in [0, 0.1) is 0 Å². The molecule has 0 aromatic carbocycles. The maximum absolute atomic E-state index is 11.8. The Morgan fingerprint density at radius 3 is 3.00 bits per heavy atom. The van der Waals surface area contributed by atoms with Gasteiger partial charge in [-0.1, -0.05) is 0 Å². The molecule has 1 saturated heterocycles. The molecular formula is C8H14N4O2S. The van der Waals surface area contributed by atoms with E-state index in [0.717, 1.165) is 19.4 Å². The third-order valence-corrected chi connectivity index (χ3v) is 3.83. The molecule has 0 radical (unpaired) electrons. The van der Waals surface area contributed by atoms with Crippen molar-refractivity contribution in [3.05, 3.63) is 12.5 Å². The fourth-order valence-electron chi connectivity index (χ4n) is 1.63. The lowest BCUT2D eigenvalue weighted by Gasteiger charge is -2.23. The Morgan fingerprint density at radius 2 is 2.40 bits per heavy atom. The Labute approximate surface area is 88.5 Å². The van der Waals surface area contributed by atoms with Crippen molar-refractivity contribution in [2.24, 2.45) is 0 Å². The number of hydrogen-bond donors (Lipinski definition) is 3. The van der Waals surface area contributed by atoms with Crippen LogP contribution >= 0.6 is 0 Å². The summed E-state index contributed by atoms with van der Waals surface area (Å²) in [7, 11) is -3.42. The van der Waals surface area contributed by atoms with Gasteiger partial charge in [-0.2, -0.15) is 0 Å². The average Bonchev–Trinajstić information content (AvgIpc) is 2.71. The van der Waals surface area contributed by atoms with Crippen LogP contribution in [0.1, 0.15) is 12.8 Å². The SMILES string of the molecule is O=S(=O)(N[C@@H]1CCCNC1)c1cnc[nH]1. The highest BCUT2D eigenvalue weighted by Gasteiger charge is 2.22. The Balaban J connectivity index is 2.04. The van der Waals surface area contributed by atoms with Crippen LogP contribution in [0.25, 0.3) is 0 Å². The van der Waals surface area contributed by atoms with E-state index in [1.54, 1.807) is 0 Å². The van der Waals surface area contributed by atoms with Gasteiger partial charge in [0.15, 0.2) is 5.03 Å². The quantitative estimate of drug-likeness (QED) is 0.649. The van der Waals surface area contributed by atoms with Crippen molar-refractivity contribution < 1.29 is 8.42 Å². The molecule has 2 heterocycles. The third-order valence-electron chi connectivity index (χ3n) is 2.38. The fraction of sp³-hybridized carbons (Fsp3) is 0.625. The molecule has 1 aromatic rings. The smallest absolute Gasteiger partial charge is 0.257 e. The normalized spacial score (nSPS) is 22.8. The number of nitrogens with one attached hydrogen (secondary N) is 3. The minimum absolute atomic E-state index is 0.0213. The molecule has 1 aliphatic heterocycles. The topological polar surface area (TPSA) is 86.9 Å². The van der Waals surface area contributed by atoms with Gasteiger partial charge in [-0.05, 0) is 19.4 Å². The van der Waals surface area contributed by atoms with E-state index < -0.39 is 10.0 Å². The Kier molecular flexibility index (Phi) is 3.03. The van der Waals surface area contributed by atoms with Crippen molar-refractivity contribution in [1.29, 1.82) is 0 Å². The van der Waals surface area contributed by atoms with Crippen LogP contribution in [0.3, 0.4) is 0 Å². The number of piperidine rings is 1. The largest absolute Gasteiger partial charge is 0.335 e. The number of hydrogen-bond acceptors (Lipinski definition) is 4. The summed E-state index contributed by atoms with van der Waals surface area (Å²) >= 11 is 0. The predicted molar refractivity (Wildman–Crippen MR) is 54.8 cm³/mol. The van der Waals surface area contributed by atoms with Gasteiger partial charge in [0.1, 0.15) is 0 Å². The minimum atomic E-state index is -3.42. The first-order valence-corrected chi connectivity index (χ1v) is 6.38. The third kappa shape index (κ3) is 2.55. The zero-order valence-corrected chi connectivity index (χ0v) is 9.05. The first-order valence-electron chi connectivity index (χ1n) is 4.90. The van der Waals surface area contributed by atoms with Gasteiger partial charge in [0.05, 0.1) is 12.5 Å². The number of aromatic amines is 1. The number of sulfonamides is 1. The van der Waals surface area contributed by atoms with Crippen molar-refractivity contribution >= 4 is 10.0 Å². The Morgan fingerprint density at radius 1 is 1.53 bits per heavy atom. The molecule has 6 nitrogen and oxygen atoms in total. The second-order valence-corrected chi connectivity index (χ2v) is 5.26. The summed E-state index contributed by atoms with van der Waals surface area (Å²) in [6.45, 7) is 1.65. The molecule has 0 aliphatic carbocycles. The first-order chi connectivity index (χ1) is 7.18. The van der Waals surface area contributed by atoms with E-state index in [4.69, 9.17) is 0 Å². The molecule has 0 bridgehead atoms. The van der Waals surface area contributed by atoms with Gasteiger partial charge in [0.25, 0.3) is 10.0 Å². The number of nitrogens with zero attached hydrogens (tertiary/aromatic N) is 1. The molecule has 1 aromatic heterocycles. The van der Waals surface area contributed by atoms with Crippen molar-refractivity contribution in [2.45, 2.75) is 23.9 Å². The zero-order valence-electron chi connectivity index (χ0n) is 8.23. The molecule has 3 N–H and O–H groups in total. The summed E-state index contributed by atoms with van der Waals surface area (Å²) in [5.74, 6) is 0. The summed E-state index contributed by atoms with van der Waals surface area (Å²) in [5, 5.41) is 3.27. The summed E-state index contributed by atoms with van der Waals surface area (Å²) in [4.78, 5) is 6.28. The van der Waals surface area contributed by atoms with Crippen LogP contribution in [-0.4, -0.2) is 37.5 Å². The van der Waals surface area contributed by atoms with Crippen molar-refractivity contribution in [3.63, 3.8) is 0 Å². The predicted octanol–water partition coefficient (Wildman–Crippen LogP) is -0.560. The first kappa shape index (κ1) is 10.6. The number of rotatable bonds is 3. The molecule has 1 aliphatic rings. The molecule has 15 heavy (non-hydrogen) atoms. The van der Waals surface area contributed by atoms with E-state index in [9.17, 15) is 8.42 Å². The highest BCUT2D eigenvalue weighted by Crippen LogP contribution is 2.07. The van der Waals surface area contributed by atoms with E-state index in [0.29, 0.717) is 6.54 Å². The van der Waals surface area contributed by atoms with Gasteiger partial charge in [-0.15, -0.1) is 0 Å². The number of aromatic nitrogens is 2. The molecule has 0 saturated carbocycles. The standard InChI is InChI=1S/C8H14N4O2S/c13-15(14,8-5-10-6-11-8)12-7-2-1-3-9-4-7/h5-7,9,12H,1-4H2,(H,10,11)/t7-/m1/s1. The van der Waals surface area contributed by atoms with Gasteiger partial charge >= 0.3 is 0 Å². The average molecular weight is 230 g/mol. The second-order valence-electron chi connectivity index (χ2n) is 3.58. The summed E-state index contributed by atoms with van der Waals surface area (Å²) in [6.07, 6.45) is 4.53. The molecule has 0 spiro atoms. The molecule has 1 atom stereocenters. The van der Waals surface area contributed by atoms with E-state index in [1.165, 1.54) is 12.5 Å². The maximum Gasteiger partial charge on any atom is 0.257 e. The minimum Gasteiger partial charge on any atom is -0.335 e. The van der Waals surface area contributed by atoms with Crippen molar-refractivity contribution in [2.75, 3.05) is 13.1 Å². The van der Waals surface area contributed by atoms with Crippen LogP contribution < -0.4 is 10.0 Å². The summed E-state index contributed by atoms with van der Waals surface area (Å²) < 4.78 is 26.1. The van der Waals surface area contributed by atoms with E-state index in [-0.39, 0.29) is 11.1 Å². The van der Waals surface area contributed by atoms with Gasteiger partial charge in [-0.3, -0.25) is 0 Å². The van der Waals surface area contributed by atoms with Crippen LogP contribution in [-0.2, 0) is 10.0 Å². The zero-order chi connectivity index (χ0) is 10.7. The van der Waals surface area contributed by atoms with Gasteiger partial charge in [0.2, 0.25) is 0 Å². The summed E-state index contributed by atoms with van der Waals surface area (Å²) in [6, 6.07) is -0.0213. The number of imidazole rings is 1. The van der Waals surface area contributed by atoms with Crippen LogP contribution in [0.4, 0.5) is 0 Å². The molecule has 7 heteroatoms. The lowest BCUT2D eigenvalue weighted by molar-refractivity contribution is 0.428. The number of H-pyrrole nitrogens is 1. The Bertz CT molecular complexity index is 394. The molecule has 0 amide bonds. The molecular weight excluding hydrogens is 216 g/mol. The fourth-order valence-corrected chi connectivity index (χ4v) is 2.80. The van der Waals surface area contributed by atoms with Gasteiger partial charge in [-0.25, -0.2) is 18.1 Å². The monoisotopic (exact) mass is 230 g/mol. The summed E-state index contributed by atoms with van der Waals surface area (Å²) in [5.41, 5.74) is 0. The second kappa shape index (κ2) is 4.30. The molecule has 84 valence electrons. The van der Waals surface area contributed by atoms with Gasteiger partial charge in [0, 0.05) is 12.6 Å². The Hall–Kier alpha value is -0.920. The molecule has 1 fully saturated rings. The van der Waals surface area contributed by atoms with Gasteiger partial charge < -0.3 is 10.3 Å². The highest BCUT2D eigenvalue weighted by molar-refractivity contribution is 7.89. The van der Waals surface area contributed by atoms with E-state index in [1.807, 2.05) is 0 Å². The van der Waals surface area contributed by atoms with Crippen molar-refractivity contribution in [3.8, 4) is 0 Å². The molecule has 2 rings (SSSR count). The van der Waals surface area contributed by atoms with Crippen LogP contribution in [0.5, 0.6) is 0 Å². The highest BCUT2D eigenvalue weighted by atomic mass is 32.2. The van der Waals surface area contributed by atoms with Crippen LogP contribution in [0.2, 0.25) is 0 Å². The van der Waals surface area contributed by atoms with Crippen LogP contribution in [0.15, 0.2) is 17.6 Å². The van der Waals surface area contributed by atoms with E-state index >= 15 is 0 Å². The molecule has 0 unspecified atom stereocenters.